The summed E-state index contributed by atoms with van der Waals surface area (Å²) in [5.74, 6) is 1.10. The van der Waals surface area contributed by atoms with E-state index in [1.54, 1.807) is 4.90 Å². The highest BCUT2D eigenvalue weighted by molar-refractivity contribution is 8.27. The van der Waals surface area contributed by atoms with Crippen LogP contribution in [0.1, 0.15) is 29.2 Å². The van der Waals surface area contributed by atoms with Crippen LogP contribution in [0.25, 0.3) is 6.08 Å². The van der Waals surface area contributed by atoms with Crippen molar-refractivity contribution in [2.45, 2.75) is 27.4 Å². The van der Waals surface area contributed by atoms with Crippen LogP contribution in [0, 0.1) is 13.8 Å². The van der Waals surface area contributed by atoms with E-state index in [2.05, 4.69) is 0 Å². The van der Waals surface area contributed by atoms with E-state index in [0.717, 1.165) is 27.9 Å². The van der Waals surface area contributed by atoms with Crippen LogP contribution < -0.4 is 14.4 Å². The minimum Gasteiger partial charge on any atom is -0.490 e. The van der Waals surface area contributed by atoms with Crippen LogP contribution >= 0.6 is 35.6 Å². The summed E-state index contributed by atoms with van der Waals surface area (Å²) in [7, 11) is 0. The average molecular weight is 510 g/mol. The topological polar surface area (TPSA) is 38.8 Å². The molecule has 0 saturated carbocycles. The molecule has 0 aliphatic carbocycles. The van der Waals surface area contributed by atoms with Gasteiger partial charge in [-0.2, -0.15) is 0 Å². The average Bonchev–Trinajstić information content (AvgIpc) is 3.07. The number of rotatable bonds is 7. The number of carbonyl (C=O) groups is 1. The van der Waals surface area contributed by atoms with Crippen molar-refractivity contribution in [2.75, 3.05) is 11.5 Å². The summed E-state index contributed by atoms with van der Waals surface area (Å²) in [4.78, 5) is 15.5. The maximum atomic E-state index is 13.3. The SMILES string of the molecule is CCOc1cc(/C=C2\SC(=S)N(c3c(C)cccc3C)C2=O)ccc1OCc1ccccc1Cl. The number of thioether (sulfide) groups is 1. The van der Waals surface area contributed by atoms with Gasteiger partial charge < -0.3 is 9.47 Å². The Bertz CT molecular complexity index is 1270. The molecule has 174 valence electrons. The first-order chi connectivity index (χ1) is 16.4. The molecule has 34 heavy (non-hydrogen) atoms. The van der Waals surface area contributed by atoms with Crippen molar-refractivity contribution in [1.82, 2.24) is 0 Å². The lowest BCUT2D eigenvalue weighted by molar-refractivity contribution is -0.113. The minimum atomic E-state index is -0.121. The molecule has 1 saturated heterocycles. The Kier molecular flexibility index (Phi) is 7.61. The largest absolute Gasteiger partial charge is 0.490 e. The number of para-hydroxylation sites is 1. The number of hydrogen-bond acceptors (Lipinski definition) is 5. The van der Waals surface area contributed by atoms with Crippen molar-refractivity contribution in [3.63, 3.8) is 0 Å². The van der Waals surface area contributed by atoms with Crippen molar-refractivity contribution >= 4 is 57.6 Å². The maximum absolute atomic E-state index is 13.3. The number of amides is 1. The van der Waals surface area contributed by atoms with Gasteiger partial charge in [0.1, 0.15) is 6.61 Å². The fraction of sp³-hybridized carbons (Fsp3) is 0.185. The van der Waals surface area contributed by atoms with Crippen LogP contribution in [0.3, 0.4) is 0 Å². The van der Waals surface area contributed by atoms with Crippen LogP contribution in [0.2, 0.25) is 5.02 Å². The number of nitrogens with zero attached hydrogens (tertiary/aromatic N) is 1. The number of hydrogen-bond donors (Lipinski definition) is 0. The minimum absolute atomic E-state index is 0.121. The Balaban J connectivity index is 1.59. The third kappa shape index (κ3) is 5.14. The third-order valence-electron chi connectivity index (χ3n) is 5.36. The molecular formula is C27H24ClNO3S2. The van der Waals surface area contributed by atoms with Gasteiger partial charge in [-0.25, -0.2) is 0 Å². The van der Waals surface area contributed by atoms with Gasteiger partial charge in [-0.15, -0.1) is 0 Å². The van der Waals surface area contributed by atoms with Gasteiger partial charge in [-0.3, -0.25) is 9.69 Å². The molecule has 4 nitrogen and oxygen atoms in total. The lowest BCUT2D eigenvalue weighted by Gasteiger charge is -2.19. The predicted molar refractivity (Wildman–Crippen MR) is 145 cm³/mol. The number of thiocarbonyl (C=S) groups is 1. The van der Waals surface area contributed by atoms with Crippen LogP contribution in [-0.4, -0.2) is 16.8 Å². The zero-order valence-corrected chi connectivity index (χ0v) is 21.5. The van der Waals surface area contributed by atoms with Crippen LogP contribution in [0.5, 0.6) is 11.5 Å². The molecule has 0 bridgehead atoms. The first-order valence-electron chi connectivity index (χ1n) is 10.9. The molecule has 0 atom stereocenters. The van der Waals surface area contributed by atoms with Gasteiger partial charge in [0.25, 0.3) is 5.91 Å². The summed E-state index contributed by atoms with van der Waals surface area (Å²) < 4.78 is 12.3. The van der Waals surface area contributed by atoms with Crippen molar-refractivity contribution in [3.05, 3.63) is 92.8 Å². The van der Waals surface area contributed by atoms with Gasteiger partial charge in [0.2, 0.25) is 0 Å². The van der Waals surface area contributed by atoms with Crippen LogP contribution in [0.4, 0.5) is 5.69 Å². The molecule has 4 rings (SSSR count). The summed E-state index contributed by atoms with van der Waals surface area (Å²) >= 11 is 13.1. The van der Waals surface area contributed by atoms with E-state index in [9.17, 15) is 4.79 Å². The second-order valence-corrected chi connectivity index (χ2v) is 9.86. The molecular weight excluding hydrogens is 486 g/mol. The first-order valence-corrected chi connectivity index (χ1v) is 12.5. The molecule has 1 aliphatic rings. The molecule has 1 fully saturated rings. The lowest BCUT2D eigenvalue weighted by Crippen LogP contribution is -2.29. The fourth-order valence-corrected chi connectivity index (χ4v) is 5.20. The van der Waals surface area contributed by atoms with Crippen molar-refractivity contribution in [1.29, 1.82) is 0 Å². The van der Waals surface area contributed by atoms with E-state index in [-0.39, 0.29) is 5.91 Å². The van der Waals surface area contributed by atoms with E-state index in [1.807, 2.05) is 87.5 Å². The van der Waals surface area contributed by atoms with E-state index < -0.39 is 0 Å². The number of carbonyl (C=O) groups excluding carboxylic acids is 1. The zero-order chi connectivity index (χ0) is 24.2. The van der Waals surface area contributed by atoms with Gasteiger partial charge >= 0.3 is 0 Å². The normalized spacial score (nSPS) is 14.7. The maximum Gasteiger partial charge on any atom is 0.270 e. The standard InChI is InChI=1S/C27H24ClNO3S2/c1-4-31-23-14-19(12-13-22(23)32-16-20-10-5-6-11-21(20)28)15-24-26(30)29(27(33)34-24)25-17(2)8-7-9-18(25)3/h5-15H,4,16H2,1-3H3/b24-15-. The monoisotopic (exact) mass is 509 g/mol. The molecule has 0 unspecified atom stereocenters. The lowest BCUT2D eigenvalue weighted by atomic mass is 10.1. The number of anilines is 1. The Morgan fingerprint density at radius 3 is 2.44 bits per heavy atom. The summed E-state index contributed by atoms with van der Waals surface area (Å²) in [6, 6.07) is 19.1. The molecule has 0 spiro atoms. The highest BCUT2D eigenvalue weighted by Crippen LogP contribution is 2.39. The number of aryl methyl sites for hydroxylation is 2. The second kappa shape index (κ2) is 10.6. The van der Waals surface area contributed by atoms with Crippen LogP contribution in [-0.2, 0) is 11.4 Å². The molecule has 0 radical (unpaired) electrons. The molecule has 1 aliphatic heterocycles. The molecule has 0 N–H and O–H groups in total. The zero-order valence-electron chi connectivity index (χ0n) is 19.1. The predicted octanol–water partition coefficient (Wildman–Crippen LogP) is 7.34. The molecule has 3 aromatic carbocycles. The number of halogens is 1. The van der Waals surface area contributed by atoms with Gasteiger partial charge in [0.15, 0.2) is 15.8 Å². The van der Waals surface area contributed by atoms with E-state index in [1.165, 1.54) is 11.8 Å². The molecule has 0 aromatic heterocycles. The van der Waals surface area contributed by atoms with Crippen molar-refractivity contribution < 1.29 is 14.3 Å². The number of benzene rings is 3. The summed E-state index contributed by atoms with van der Waals surface area (Å²) in [6.07, 6.45) is 1.84. The number of ether oxygens (including phenoxy) is 2. The van der Waals surface area contributed by atoms with E-state index >= 15 is 0 Å². The highest BCUT2D eigenvalue weighted by atomic mass is 35.5. The summed E-state index contributed by atoms with van der Waals surface area (Å²) in [6.45, 7) is 6.70. The van der Waals surface area contributed by atoms with E-state index in [0.29, 0.717) is 39.0 Å². The van der Waals surface area contributed by atoms with E-state index in [4.69, 9.17) is 33.3 Å². The van der Waals surface area contributed by atoms with Crippen LogP contribution in [0.15, 0.2) is 65.6 Å². The van der Waals surface area contributed by atoms with Gasteiger partial charge in [-0.05, 0) is 61.7 Å². The molecule has 1 amide bonds. The Hall–Kier alpha value is -2.80. The Morgan fingerprint density at radius 2 is 1.74 bits per heavy atom. The third-order valence-corrected chi connectivity index (χ3v) is 7.03. The van der Waals surface area contributed by atoms with Gasteiger partial charge in [-0.1, -0.05) is 78.0 Å². The first kappa shape index (κ1) is 24.3. The highest BCUT2D eigenvalue weighted by Gasteiger charge is 2.34. The van der Waals surface area contributed by atoms with Crippen molar-refractivity contribution in [2.24, 2.45) is 0 Å². The Morgan fingerprint density at radius 1 is 1.00 bits per heavy atom. The fourth-order valence-electron chi connectivity index (χ4n) is 3.74. The molecule has 1 heterocycles. The summed E-state index contributed by atoms with van der Waals surface area (Å²) in [5, 5.41) is 0.656. The molecule has 3 aromatic rings. The quantitative estimate of drug-likeness (QED) is 0.246. The Labute approximate surface area is 214 Å². The smallest absolute Gasteiger partial charge is 0.270 e. The van der Waals surface area contributed by atoms with Gasteiger partial charge in [0.05, 0.1) is 17.2 Å². The van der Waals surface area contributed by atoms with Crippen molar-refractivity contribution in [3.8, 4) is 11.5 Å². The summed E-state index contributed by atoms with van der Waals surface area (Å²) in [5.41, 5.74) is 4.60. The second-order valence-electron chi connectivity index (χ2n) is 7.78. The molecule has 7 heteroatoms. The van der Waals surface area contributed by atoms with Gasteiger partial charge in [0, 0.05) is 10.6 Å².